The maximum atomic E-state index is 6.54. The molecule has 3 aromatic heterocycles. The van der Waals surface area contributed by atoms with Gasteiger partial charge in [0, 0.05) is 62.2 Å². The Balaban J connectivity index is 1.01. The first kappa shape index (κ1) is 29.0. The maximum absolute atomic E-state index is 6.54. The van der Waals surface area contributed by atoms with Crippen molar-refractivity contribution in [3.8, 4) is 11.1 Å². The number of benzene rings is 7. The molecule has 1 aliphatic heterocycles. The molecular formula is C45H29N3OS2. The predicted octanol–water partition coefficient (Wildman–Crippen LogP) is 12.3. The molecule has 51 heavy (non-hydrogen) atoms. The van der Waals surface area contributed by atoms with E-state index in [2.05, 4.69) is 156 Å². The van der Waals surface area contributed by atoms with E-state index < -0.39 is 0 Å². The van der Waals surface area contributed by atoms with Gasteiger partial charge in [-0.2, -0.15) is 0 Å². The first-order chi connectivity index (χ1) is 25.2. The molecule has 6 heteroatoms. The van der Waals surface area contributed by atoms with E-state index in [1.54, 1.807) is 0 Å². The van der Waals surface area contributed by atoms with Crippen LogP contribution in [0.4, 0.5) is 0 Å². The molecule has 0 spiro atoms. The van der Waals surface area contributed by atoms with E-state index in [9.17, 15) is 0 Å². The first-order valence-electron chi connectivity index (χ1n) is 17.2. The molecule has 0 saturated heterocycles. The molecule has 242 valence electrons. The van der Waals surface area contributed by atoms with Crippen LogP contribution in [0.1, 0.15) is 29.0 Å². The molecule has 2 unspecified atom stereocenters. The molecule has 0 radical (unpaired) electrons. The van der Waals surface area contributed by atoms with Gasteiger partial charge in [-0.15, -0.1) is 22.7 Å². The summed E-state index contributed by atoms with van der Waals surface area (Å²) in [6.45, 7) is 0. The molecule has 7 aromatic carbocycles. The summed E-state index contributed by atoms with van der Waals surface area (Å²) in [6.07, 6.45) is -0.431. The second-order valence-electron chi connectivity index (χ2n) is 13.2. The van der Waals surface area contributed by atoms with E-state index in [1.165, 1.54) is 57.0 Å². The molecule has 2 N–H and O–H groups in total. The van der Waals surface area contributed by atoms with Crippen LogP contribution in [-0.2, 0) is 0 Å². The highest BCUT2D eigenvalue weighted by molar-refractivity contribution is 7.26. The lowest BCUT2D eigenvalue weighted by molar-refractivity contribution is 0.411. The van der Waals surface area contributed by atoms with Crippen LogP contribution in [0.25, 0.3) is 73.4 Å². The van der Waals surface area contributed by atoms with Gasteiger partial charge in [-0.1, -0.05) is 121 Å². The standard InChI is InChI=1S/C45H29N3OS2/c1-2-10-26(11-3-1)43-46-44(48-45(47-43)35-17-9-16-34-32-13-5-7-19-40(32)51-42(34)35)28-20-22-30-36-24-27(21-23-37(36)49-38(30)25-28)29-14-8-15-33-31-12-4-6-18-39(31)50-41(29)33/h1-25,44-45,48H,(H,46,47). The van der Waals surface area contributed by atoms with Crippen molar-refractivity contribution in [2.75, 3.05) is 0 Å². The minimum atomic E-state index is -0.283. The Kier molecular flexibility index (Phi) is 6.46. The average molecular weight is 692 g/mol. The number of fused-ring (bicyclic) bond motifs is 9. The number of furan rings is 1. The summed E-state index contributed by atoms with van der Waals surface area (Å²) in [4.78, 5) is 5.24. The topological polar surface area (TPSA) is 49.6 Å². The van der Waals surface area contributed by atoms with Gasteiger partial charge in [0.25, 0.3) is 0 Å². The van der Waals surface area contributed by atoms with Crippen molar-refractivity contribution in [2.45, 2.75) is 12.3 Å². The minimum Gasteiger partial charge on any atom is -0.456 e. The average Bonchev–Trinajstić information content (AvgIpc) is 3.88. The van der Waals surface area contributed by atoms with Gasteiger partial charge >= 0.3 is 0 Å². The normalized spacial score (nSPS) is 16.4. The van der Waals surface area contributed by atoms with Crippen LogP contribution in [0.15, 0.2) is 161 Å². The molecule has 11 rings (SSSR count). The fourth-order valence-corrected chi connectivity index (χ4v) is 10.2. The summed E-state index contributed by atoms with van der Waals surface area (Å²) < 4.78 is 11.7. The molecular weight excluding hydrogens is 663 g/mol. The molecule has 2 atom stereocenters. The number of amidine groups is 1. The van der Waals surface area contributed by atoms with Crippen molar-refractivity contribution >= 4 is 90.8 Å². The van der Waals surface area contributed by atoms with Crippen molar-refractivity contribution < 1.29 is 4.42 Å². The third kappa shape index (κ3) is 4.65. The SMILES string of the molecule is c1ccc(C2=NC(c3ccc4c(c3)oc3ccc(-c5cccc6c5sc5ccccc56)cc34)NC(c3cccc4c3sc3ccccc34)N2)cc1. The highest BCUT2D eigenvalue weighted by Crippen LogP contribution is 2.42. The zero-order valence-electron chi connectivity index (χ0n) is 27.3. The van der Waals surface area contributed by atoms with Crippen LogP contribution >= 0.6 is 22.7 Å². The number of hydrogen-bond acceptors (Lipinski definition) is 6. The smallest absolute Gasteiger partial charge is 0.135 e. The maximum Gasteiger partial charge on any atom is 0.135 e. The van der Waals surface area contributed by atoms with Gasteiger partial charge in [-0.3, -0.25) is 5.32 Å². The van der Waals surface area contributed by atoms with Crippen LogP contribution < -0.4 is 10.6 Å². The lowest BCUT2D eigenvalue weighted by Gasteiger charge is -2.32. The van der Waals surface area contributed by atoms with Gasteiger partial charge in [0.2, 0.25) is 0 Å². The Hall–Kier alpha value is -5.79. The Bertz CT molecular complexity index is 3010. The number of thiophene rings is 2. The van der Waals surface area contributed by atoms with Gasteiger partial charge in [-0.05, 0) is 47.0 Å². The monoisotopic (exact) mass is 691 g/mol. The predicted molar refractivity (Wildman–Crippen MR) is 216 cm³/mol. The third-order valence-electron chi connectivity index (χ3n) is 10.2. The van der Waals surface area contributed by atoms with Crippen LogP contribution in [0.5, 0.6) is 0 Å². The summed E-state index contributed by atoms with van der Waals surface area (Å²) in [6, 6.07) is 54.2. The number of nitrogens with zero attached hydrogens (tertiary/aromatic N) is 1. The van der Waals surface area contributed by atoms with Gasteiger partial charge in [0.05, 0.1) is 0 Å². The largest absolute Gasteiger partial charge is 0.456 e. The summed E-state index contributed by atoms with van der Waals surface area (Å²) in [5.74, 6) is 0.868. The Morgan fingerprint density at radius 3 is 2.04 bits per heavy atom. The first-order valence-corrected chi connectivity index (χ1v) is 18.8. The van der Waals surface area contributed by atoms with Crippen molar-refractivity contribution in [3.63, 3.8) is 0 Å². The summed E-state index contributed by atoms with van der Waals surface area (Å²) in [5, 5.41) is 15.0. The highest BCUT2D eigenvalue weighted by atomic mass is 32.1. The van der Waals surface area contributed by atoms with Gasteiger partial charge in [0.15, 0.2) is 0 Å². The molecule has 10 aromatic rings. The zero-order chi connectivity index (χ0) is 33.5. The van der Waals surface area contributed by atoms with Crippen molar-refractivity contribution in [1.29, 1.82) is 0 Å². The summed E-state index contributed by atoms with van der Waals surface area (Å²) >= 11 is 3.71. The Morgan fingerprint density at radius 1 is 0.510 bits per heavy atom. The Morgan fingerprint density at radius 2 is 1.22 bits per heavy atom. The van der Waals surface area contributed by atoms with Gasteiger partial charge in [-0.25, -0.2) is 4.99 Å². The van der Waals surface area contributed by atoms with Crippen molar-refractivity contribution in [3.05, 3.63) is 168 Å². The van der Waals surface area contributed by atoms with Crippen molar-refractivity contribution in [1.82, 2.24) is 10.6 Å². The molecule has 0 saturated carbocycles. The van der Waals surface area contributed by atoms with E-state index in [-0.39, 0.29) is 12.3 Å². The number of nitrogens with one attached hydrogen (secondary N) is 2. The Labute approximate surface area is 301 Å². The molecule has 0 amide bonds. The molecule has 4 nitrogen and oxygen atoms in total. The van der Waals surface area contributed by atoms with Gasteiger partial charge in [0.1, 0.15) is 29.3 Å². The second kappa shape index (κ2) is 11.4. The molecule has 0 fully saturated rings. The molecule has 0 bridgehead atoms. The fraction of sp³-hybridized carbons (Fsp3) is 0.0444. The van der Waals surface area contributed by atoms with E-state index in [4.69, 9.17) is 9.41 Å². The zero-order valence-corrected chi connectivity index (χ0v) is 28.9. The van der Waals surface area contributed by atoms with Crippen LogP contribution in [0, 0.1) is 0 Å². The molecule has 4 heterocycles. The highest BCUT2D eigenvalue weighted by Gasteiger charge is 2.28. The third-order valence-corrected chi connectivity index (χ3v) is 12.6. The summed E-state index contributed by atoms with van der Waals surface area (Å²) in [5.41, 5.74) is 7.52. The lowest BCUT2D eigenvalue weighted by Crippen LogP contribution is -2.45. The number of aliphatic imine (C=N–C) groups is 1. The van der Waals surface area contributed by atoms with E-state index in [0.717, 1.165) is 38.9 Å². The molecule has 0 aliphatic carbocycles. The summed E-state index contributed by atoms with van der Waals surface area (Å²) in [7, 11) is 0. The second-order valence-corrected chi connectivity index (χ2v) is 15.3. The van der Waals surface area contributed by atoms with Crippen molar-refractivity contribution in [2.24, 2.45) is 4.99 Å². The lowest BCUT2D eigenvalue weighted by atomic mass is 10.00. The van der Waals surface area contributed by atoms with E-state index >= 15 is 0 Å². The quantitative estimate of drug-likeness (QED) is 0.193. The van der Waals surface area contributed by atoms with Crippen LogP contribution in [0.2, 0.25) is 0 Å². The van der Waals surface area contributed by atoms with Crippen LogP contribution in [-0.4, -0.2) is 5.84 Å². The number of hydrogen-bond donors (Lipinski definition) is 2. The number of rotatable bonds is 4. The van der Waals surface area contributed by atoms with E-state index in [1.807, 2.05) is 28.7 Å². The van der Waals surface area contributed by atoms with Gasteiger partial charge < -0.3 is 9.73 Å². The minimum absolute atomic E-state index is 0.148. The molecule has 1 aliphatic rings. The fourth-order valence-electron chi connectivity index (χ4n) is 7.73. The van der Waals surface area contributed by atoms with Crippen LogP contribution in [0.3, 0.4) is 0 Å². The van der Waals surface area contributed by atoms with E-state index in [0.29, 0.717) is 0 Å².